The SMILES string of the molecule is CC1(N)C=C(c2ccccc2)c2ccccc21. The molecule has 84 valence electrons. The molecular weight excluding hydrogens is 206 g/mol. The first-order valence-electron chi connectivity index (χ1n) is 5.85. The molecule has 0 aliphatic heterocycles. The van der Waals surface area contributed by atoms with Crippen LogP contribution in [0.1, 0.15) is 23.6 Å². The van der Waals surface area contributed by atoms with Crippen LogP contribution < -0.4 is 5.73 Å². The van der Waals surface area contributed by atoms with Crippen molar-refractivity contribution in [3.05, 3.63) is 77.4 Å². The van der Waals surface area contributed by atoms with Crippen LogP contribution in [0.15, 0.2) is 60.7 Å². The Kier molecular flexibility index (Phi) is 2.17. The van der Waals surface area contributed by atoms with Crippen LogP contribution in [0.3, 0.4) is 0 Å². The third-order valence-corrected chi connectivity index (χ3v) is 3.33. The number of hydrogen-bond acceptors (Lipinski definition) is 1. The summed E-state index contributed by atoms with van der Waals surface area (Å²) in [6.07, 6.45) is 2.16. The fourth-order valence-corrected chi connectivity index (χ4v) is 2.50. The van der Waals surface area contributed by atoms with Gasteiger partial charge in [-0.05, 0) is 29.2 Å². The second-order valence-electron chi connectivity index (χ2n) is 4.75. The molecule has 1 heteroatoms. The molecule has 2 aromatic carbocycles. The Morgan fingerprint density at radius 2 is 1.53 bits per heavy atom. The van der Waals surface area contributed by atoms with Gasteiger partial charge < -0.3 is 5.73 Å². The molecular formula is C16H15N. The van der Waals surface area contributed by atoms with Crippen molar-refractivity contribution in [3.8, 4) is 0 Å². The number of hydrogen-bond donors (Lipinski definition) is 1. The molecule has 0 fully saturated rings. The Labute approximate surface area is 102 Å². The molecule has 1 nitrogen and oxygen atoms in total. The maximum atomic E-state index is 6.34. The monoisotopic (exact) mass is 221 g/mol. The summed E-state index contributed by atoms with van der Waals surface area (Å²) in [5, 5.41) is 0. The van der Waals surface area contributed by atoms with Gasteiger partial charge in [0, 0.05) is 0 Å². The summed E-state index contributed by atoms with van der Waals surface area (Å²) in [7, 11) is 0. The highest BCUT2D eigenvalue weighted by atomic mass is 14.7. The molecule has 0 saturated carbocycles. The lowest BCUT2D eigenvalue weighted by molar-refractivity contribution is 0.642. The van der Waals surface area contributed by atoms with Gasteiger partial charge in [0.15, 0.2) is 0 Å². The Morgan fingerprint density at radius 3 is 2.29 bits per heavy atom. The van der Waals surface area contributed by atoms with Crippen LogP contribution in [0.25, 0.3) is 5.57 Å². The summed E-state index contributed by atoms with van der Waals surface area (Å²) in [5.74, 6) is 0. The van der Waals surface area contributed by atoms with Gasteiger partial charge in [-0.1, -0.05) is 60.7 Å². The van der Waals surface area contributed by atoms with Crippen LogP contribution in [0, 0.1) is 0 Å². The molecule has 0 spiro atoms. The normalized spacial score (nSPS) is 22.1. The van der Waals surface area contributed by atoms with E-state index in [1.165, 1.54) is 22.3 Å². The molecule has 1 aliphatic rings. The minimum atomic E-state index is -0.359. The molecule has 0 aromatic heterocycles. The molecule has 0 radical (unpaired) electrons. The molecule has 0 amide bonds. The van der Waals surface area contributed by atoms with Crippen LogP contribution in [0.5, 0.6) is 0 Å². The van der Waals surface area contributed by atoms with E-state index in [0.717, 1.165) is 0 Å². The third-order valence-electron chi connectivity index (χ3n) is 3.33. The molecule has 2 aromatic rings. The Bertz CT molecular complexity index is 579. The molecule has 0 bridgehead atoms. The Hall–Kier alpha value is -1.86. The van der Waals surface area contributed by atoms with Crippen molar-refractivity contribution >= 4 is 5.57 Å². The lowest BCUT2D eigenvalue weighted by Crippen LogP contribution is -2.28. The maximum Gasteiger partial charge on any atom is 0.0582 e. The van der Waals surface area contributed by atoms with E-state index in [4.69, 9.17) is 5.73 Å². The Morgan fingerprint density at radius 1 is 0.882 bits per heavy atom. The quantitative estimate of drug-likeness (QED) is 0.785. The fourth-order valence-electron chi connectivity index (χ4n) is 2.50. The van der Waals surface area contributed by atoms with Crippen molar-refractivity contribution in [3.63, 3.8) is 0 Å². The molecule has 1 aliphatic carbocycles. The first kappa shape index (κ1) is 10.3. The average Bonchev–Trinajstić information content (AvgIpc) is 2.64. The molecule has 1 atom stereocenters. The van der Waals surface area contributed by atoms with Crippen LogP contribution in [-0.4, -0.2) is 0 Å². The highest BCUT2D eigenvalue weighted by Crippen LogP contribution is 2.39. The zero-order valence-electron chi connectivity index (χ0n) is 9.85. The highest BCUT2D eigenvalue weighted by molar-refractivity contribution is 5.86. The summed E-state index contributed by atoms with van der Waals surface area (Å²) >= 11 is 0. The van der Waals surface area contributed by atoms with Gasteiger partial charge in [-0.2, -0.15) is 0 Å². The lowest BCUT2D eigenvalue weighted by atomic mass is 9.95. The van der Waals surface area contributed by atoms with Crippen LogP contribution >= 0.6 is 0 Å². The van der Waals surface area contributed by atoms with E-state index in [0.29, 0.717) is 0 Å². The summed E-state index contributed by atoms with van der Waals surface area (Å²) in [6, 6.07) is 18.8. The topological polar surface area (TPSA) is 26.0 Å². The van der Waals surface area contributed by atoms with Gasteiger partial charge in [-0.25, -0.2) is 0 Å². The molecule has 1 unspecified atom stereocenters. The molecule has 3 rings (SSSR count). The van der Waals surface area contributed by atoms with E-state index in [2.05, 4.69) is 55.5 Å². The van der Waals surface area contributed by atoms with Gasteiger partial charge in [-0.15, -0.1) is 0 Å². The minimum absolute atomic E-state index is 0.359. The minimum Gasteiger partial charge on any atom is -0.318 e. The van der Waals surface area contributed by atoms with Gasteiger partial charge in [-0.3, -0.25) is 0 Å². The van der Waals surface area contributed by atoms with Gasteiger partial charge in [0.25, 0.3) is 0 Å². The number of nitrogens with two attached hydrogens (primary N) is 1. The standard InChI is InChI=1S/C16H15N/c1-16(17)11-14(12-7-3-2-4-8-12)13-9-5-6-10-15(13)16/h2-11H,17H2,1H3. The Balaban J connectivity index is 2.21. The fraction of sp³-hybridized carbons (Fsp3) is 0.125. The summed E-state index contributed by atoms with van der Waals surface area (Å²) in [4.78, 5) is 0. The summed E-state index contributed by atoms with van der Waals surface area (Å²) in [6.45, 7) is 2.06. The van der Waals surface area contributed by atoms with Crippen molar-refractivity contribution in [1.29, 1.82) is 0 Å². The van der Waals surface area contributed by atoms with Crippen molar-refractivity contribution in [1.82, 2.24) is 0 Å². The van der Waals surface area contributed by atoms with Crippen molar-refractivity contribution in [2.45, 2.75) is 12.5 Å². The maximum absolute atomic E-state index is 6.34. The van der Waals surface area contributed by atoms with Crippen LogP contribution in [0.4, 0.5) is 0 Å². The second-order valence-corrected chi connectivity index (χ2v) is 4.75. The van der Waals surface area contributed by atoms with E-state index in [9.17, 15) is 0 Å². The number of benzene rings is 2. The van der Waals surface area contributed by atoms with Crippen molar-refractivity contribution in [2.24, 2.45) is 5.73 Å². The zero-order valence-corrected chi connectivity index (χ0v) is 9.85. The van der Waals surface area contributed by atoms with E-state index in [1.807, 2.05) is 12.1 Å². The van der Waals surface area contributed by atoms with Gasteiger partial charge >= 0.3 is 0 Å². The molecule has 0 heterocycles. The van der Waals surface area contributed by atoms with Crippen LogP contribution in [0.2, 0.25) is 0 Å². The van der Waals surface area contributed by atoms with E-state index in [1.54, 1.807) is 0 Å². The summed E-state index contributed by atoms with van der Waals surface area (Å²) in [5.41, 5.74) is 10.9. The van der Waals surface area contributed by atoms with E-state index in [-0.39, 0.29) is 5.54 Å². The highest BCUT2D eigenvalue weighted by Gasteiger charge is 2.30. The lowest BCUT2D eigenvalue weighted by Gasteiger charge is -2.16. The summed E-state index contributed by atoms with van der Waals surface area (Å²) < 4.78 is 0. The van der Waals surface area contributed by atoms with Crippen molar-refractivity contribution in [2.75, 3.05) is 0 Å². The largest absolute Gasteiger partial charge is 0.318 e. The second kappa shape index (κ2) is 3.57. The molecule has 17 heavy (non-hydrogen) atoms. The van der Waals surface area contributed by atoms with Gasteiger partial charge in [0.05, 0.1) is 5.54 Å². The van der Waals surface area contributed by atoms with Crippen molar-refractivity contribution < 1.29 is 0 Å². The number of fused-ring (bicyclic) bond motifs is 1. The average molecular weight is 221 g/mol. The predicted molar refractivity (Wildman–Crippen MR) is 71.5 cm³/mol. The van der Waals surface area contributed by atoms with Crippen LogP contribution in [-0.2, 0) is 5.54 Å². The first-order valence-corrected chi connectivity index (χ1v) is 5.85. The first-order chi connectivity index (χ1) is 8.18. The molecule has 2 N–H and O–H groups in total. The van der Waals surface area contributed by atoms with E-state index >= 15 is 0 Å². The number of rotatable bonds is 1. The molecule has 0 saturated heterocycles. The zero-order chi connectivity index (χ0) is 11.9. The van der Waals surface area contributed by atoms with E-state index < -0.39 is 0 Å². The third kappa shape index (κ3) is 1.60. The predicted octanol–water partition coefficient (Wildman–Crippen LogP) is 3.31. The van der Waals surface area contributed by atoms with Gasteiger partial charge in [0.2, 0.25) is 0 Å². The van der Waals surface area contributed by atoms with Gasteiger partial charge in [0.1, 0.15) is 0 Å². The smallest absolute Gasteiger partial charge is 0.0582 e.